The first-order valence-electron chi connectivity index (χ1n) is 7.25. The van der Waals surface area contributed by atoms with E-state index in [4.69, 9.17) is 4.74 Å². The van der Waals surface area contributed by atoms with Crippen LogP contribution in [0.25, 0.3) is 0 Å². The van der Waals surface area contributed by atoms with E-state index in [9.17, 15) is 4.79 Å². The van der Waals surface area contributed by atoms with Crippen molar-refractivity contribution in [2.75, 3.05) is 25.0 Å². The minimum atomic E-state index is -0.311. The normalized spacial score (nSPS) is 22.0. The van der Waals surface area contributed by atoms with E-state index in [1.165, 1.54) is 0 Å². The number of hydrogen-bond donors (Lipinski definition) is 2. The summed E-state index contributed by atoms with van der Waals surface area (Å²) in [6.45, 7) is 8.55. The maximum Gasteiger partial charge on any atom is 0.231 e. The number of anilines is 1. The number of carbonyl (C=O) groups excluding carboxylic acids is 1. The SMILES string of the molecule is CC(C)COc1cccc(NC(=O)C2(C)CCNC2)c1. The van der Waals surface area contributed by atoms with Gasteiger partial charge in [0.15, 0.2) is 0 Å². The third kappa shape index (κ3) is 3.73. The van der Waals surface area contributed by atoms with Gasteiger partial charge in [0.25, 0.3) is 0 Å². The largest absolute Gasteiger partial charge is 0.493 e. The maximum atomic E-state index is 12.3. The minimum Gasteiger partial charge on any atom is -0.493 e. The van der Waals surface area contributed by atoms with E-state index >= 15 is 0 Å². The minimum absolute atomic E-state index is 0.0727. The van der Waals surface area contributed by atoms with Crippen molar-refractivity contribution in [3.05, 3.63) is 24.3 Å². The molecule has 4 heteroatoms. The zero-order valence-electron chi connectivity index (χ0n) is 12.5. The fraction of sp³-hybridized carbons (Fsp3) is 0.562. The Morgan fingerprint density at radius 2 is 2.30 bits per heavy atom. The van der Waals surface area contributed by atoms with Crippen LogP contribution in [0, 0.1) is 11.3 Å². The molecule has 1 saturated heterocycles. The summed E-state index contributed by atoms with van der Waals surface area (Å²) in [5.41, 5.74) is 0.485. The Kier molecular flexibility index (Phi) is 4.65. The fourth-order valence-corrected chi connectivity index (χ4v) is 2.22. The molecule has 0 bridgehead atoms. The van der Waals surface area contributed by atoms with Crippen molar-refractivity contribution >= 4 is 11.6 Å². The zero-order chi connectivity index (χ0) is 14.6. The average molecular weight is 276 g/mol. The lowest BCUT2D eigenvalue weighted by Crippen LogP contribution is -2.35. The number of nitrogens with one attached hydrogen (secondary N) is 2. The molecule has 0 aromatic heterocycles. The highest BCUT2D eigenvalue weighted by atomic mass is 16.5. The fourth-order valence-electron chi connectivity index (χ4n) is 2.22. The number of amides is 1. The molecule has 1 aromatic rings. The topological polar surface area (TPSA) is 50.4 Å². The van der Waals surface area contributed by atoms with Gasteiger partial charge in [0, 0.05) is 18.3 Å². The predicted octanol–water partition coefficient (Wildman–Crippen LogP) is 2.66. The summed E-state index contributed by atoms with van der Waals surface area (Å²) in [6, 6.07) is 7.59. The number of hydrogen-bond acceptors (Lipinski definition) is 3. The molecule has 2 rings (SSSR count). The second-order valence-corrected chi connectivity index (χ2v) is 6.17. The number of rotatable bonds is 5. The molecule has 1 heterocycles. The van der Waals surface area contributed by atoms with Crippen LogP contribution in [0.5, 0.6) is 5.75 Å². The molecule has 1 aliphatic heterocycles. The van der Waals surface area contributed by atoms with Crippen molar-refractivity contribution in [2.24, 2.45) is 11.3 Å². The Morgan fingerprint density at radius 3 is 2.95 bits per heavy atom. The summed E-state index contributed by atoms with van der Waals surface area (Å²) < 4.78 is 5.68. The van der Waals surface area contributed by atoms with Crippen LogP contribution in [0.4, 0.5) is 5.69 Å². The van der Waals surface area contributed by atoms with Crippen molar-refractivity contribution in [1.82, 2.24) is 5.32 Å². The van der Waals surface area contributed by atoms with Gasteiger partial charge in [-0.2, -0.15) is 0 Å². The number of ether oxygens (including phenoxy) is 1. The van der Waals surface area contributed by atoms with Crippen LogP contribution in [0.2, 0.25) is 0 Å². The summed E-state index contributed by atoms with van der Waals surface area (Å²) in [4.78, 5) is 12.3. The van der Waals surface area contributed by atoms with E-state index in [2.05, 4.69) is 24.5 Å². The van der Waals surface area contributed by atoms with E-state index in [0.29, 0.717) is 12.5 Å². The Labute approximate surface area is 120 Å². The molecule has 1 aliphatic rings. The molecule has 0 spiro atoms. The molecule has 1 unspecified atom stereocenters. The lowest BCUT2D eigenvalue weighted by atomic mass is 9.89. The first-order valence-corrected chi connectivity index (χ1v) is 7.25. The van der Waals surface area contributed by atoms with Crippen LogP contribution in [0.1, 0.15) is 27.2 Å². The Balaban J connectivity index is 1.98. The van der Waals surface area contributed by atoms with E-state index in [-0.39, 0.29) is 11.3 Å². The van der Waals surface area contributed by atoms with Crippen molar-refractivity contribution in [1.29, 1.82) is 0 Å². The highest BCUT2D eigenvalue weighted by Gasteiger charge is 2.36. The van der Waals surface area contributed by atoms with Crippen LogP contribution in [-0.4, -0.2) is 25.6 Å². The van der Waals surface area contributed by atoms with Crippen molar-refractivity contribution in [3.63, 3.8) is 0 Å². The van der Waals surface area contributed by atoms with Crippen LogP contribution < -0.4 is 15.4 Å². The van der Waals surface area contributed by atoms with Gasteiger partial charge >= 0.3 is 0 Å². The van der Waals surface area contributed by atoms with Gasteiger partial charge in [-0.25, -0.2) is 0 Å². The number of carbonyl (C=O) groups is 1. The Morgan fingerprint density at radius 1 is 1.50 bits per heavy atom. The Bertz CT molecular complexity index is 465. The molecule has 4 nitrogen and oxygen atoms in total. The summed E-state index contributed by atoms with van der Waals surface area (Å²) >= 11 is 0. The smallest absolute Gasteiger partial charge is 0.231 e. The standard InChI is InChI=1S/C16H24N2O2/c1-12(2)10-20-14-6-4-5-13(9-14)18-15(19)16(3)7-8-17-11-16/h4-6,9,12,17H,7-8,10-11H2,1-3H3,(H,18,19). The van der Waals surface area contributed by atoms with E-state index in [1.54, 1.807) is 0 Å². The second kappa shape index (κ2) is 6.27. The van der Waals surface area contributed by atoms with Crippen molar-refractivity contribution in [3.8, 4) is 5.75 Å². The third-order valence-electron chi connectivity index (χ3n) is 3.59. The third-order valence-corrected chi connectivity index (χ3v) is 3.59. The molecule has 1 fully saturated rings. The summed E-state index contributed by atoms with van der Waals surface area (Å²) in [5, 5.41) is 6.23. The first-order chi connectivity index (χ1) is 9.49. The summed E-state index contributed by atoms with van der Waals surface area (Å²) in [6.07, 6.45) is 0.877. The van der Waals surface area contributed by atoms with Gasteiger partial charge in [0.1, 0.15) is 5.75 Å². The van der Waals surface area contributed by atoms with Gasteiger partial charge in [-0.3, -0.25) is 4.79 Å². The Hall–Kier alpha value is -1.55. The van der Waals surface area contributed by atoms with Crippen molar-refractivity contribution in [2.45, 2.75) is 27.2 Å². The highest BCUT2D eigenvalue weighted by molar-refractivity contribution is 5.95. The van der Waals surface area contributed by atoms with Gasteiger partial charge in [-0.1, -0.05) is 19.9 Å². The van der Waals surface area contributed by atoms with E-state index in [0.717, 1.165) is 30.9 Å². The second-order valence-electron chi connectivity index (χ2n) is 6.17. The quantitative estimate of drug-likeness (QED) is 0.869. The molecule has 0 saturated carbocycles. The molecular weight excluding hydrogens is 252 g/mol. The molecule has 1 aromatic carbocycles. The number of benzene rings is 1. The van der Waals surface area contributed by atoms with Gasteiger partial charge < -0.3 is 15.4 Å². The summed E-state index contributed by atoms with van der Waals surface area (Å²) in [5.74, 6) is 1.35. The maximum absolute atomic E-state index is 12.3. The molecule has 110 valence electrons. The predicted molar refractivity (Wildman–Crippen MR) is 81.0 cm³/mol. The van der Waals surface area contributed by atoms with Crippen LogP contribution in [0.15, 0.2) is 24.3 Å². The first kappa shape index (κ1) is 14.9. The molecular formula is C16H24N2O2. The van der Waals surface area contributed by atoms with E-state index < -0.39 is 0 Å². The highest BCUT2D eigenvalue weighted by Crippen LogP contribution is 2.27. The zero-order valence-corrected chi connectivity index (χ0v) is 12.5. The van der Waals surface area contributed by atoms with Crippen molar-refractivity contribution < 1.29 is 9.53 Å². The molecule has 1 atom stereocenters. The van der Waals surface area contributed by atoms with Gasteiger partial charge in [0.05, 0.1) is 12.0 Å². The van der Waals surface area contributed by atoms with Crippen LogP contribution >= 0.6 is 0 Å². The van der Waals surface area contributed by atoms with Gasteiger partial charge in [-0.15, -0.1) is 0 Å². The lowest BCUT2D eigenvalue weighted by Gasteiger charge is -2.21. The van der Waals surface area contributed by atoms with Crippen LogP contribution in [0.3, 0.4) is 0 Å². The molecule has 0 aliphatic carbocycles. The molecule has 1 amide bonds. The molecule has 0 radical (unpaired) electrons. The molecule has 2 N–H and O–H groups in total. The van der Waals surface area contributed by atoms with Gasteiger partial charge in [-0.05, 0) is 37.9 Å². The van der Waals surface area contributed by atoms with Crippen LogP contribution in [-0.2, 0) is 4.79 Å². The van der Waals surface area contributed by atoms with E-state index in [1.807, 2.05) is 31.2 Å². The van der Waals surface area contributed by atoms with Gasteiger partial charge in [0.2, 0.25) is 5.91 Å². The lowest BCUT2D eigenvalue weighted by molar-refractivity contribution is -0.123. The monoisotopic (exact) mass is 276 g/mol. The average Bonchev–Trinajstić information content (AvgIpc) is 2.85. The summed E-state index contributed by atoms with van der Waals surface area (Å²) in [7, 11) is 0. The molecule has 20 heavy (non-hydrogen) atoms.